The third kappa shape index (κ3) is 4.80. The van der Waals surface area contributed by atoms with E-state index >= 15 is 0 Å². The number of ether oxygens (including phenoxy) is 2. The first-order chi connectivity index (χ1) is 12.7. The normalized spacial score (nSPS) is 10.7. The zero-order chi connectivity index (χ0) is 18.4. The van der Waals surface area contributed by atoms with E-state index in [1.54, 1.807) is 18.9 Å². The molecule has 0 radical (unpaired) electrons. The van der Waals surface area contributed by atoms with Gasteiger partial charge in [0.1, 0.15) is 18.1 Å². The molecule has 0 bridgehead atoms. The Balaban J connectivity index is 1.62. The molecule has 1 heterocycles. The van der Waals surface area contributed by atoms with Gasteiger partial charge in [0.15, 0.2) is 11.0 Å². The molecule has 0 fully saturated rings. The first-order valence-corrected chi connectivity index (χ1v) is 10.0. The quantitative estimate of drug-likeness (QED) is 0.470. The number of aromatic nitrogens is 3. The van der Waals surface area contributed by atoms with Crippen LogP contribution in [0.2, 0.25) is 0 Å². The standard InChI is InChI=1S/C19H20BrN3O2S/c1-3-23-18(12-25-17-10-8-16(24-2)9-11-17)21-22-19(23)26-13-14-4-6-15(20)7-5-14/h4-11H,3,12-13H2,1-2H3. The zero-order valence-corrected chi connectivity index (χ0v) is 17.1. The van der Waals surface area contributed by atoms with Gasteiger partial charge in [0.2, 0.25) is 0 Å². The van der Waals surface area contributed by atoms with Gasteiger partial charge in [-0.1, -0.05) is 39.8 Å². The van der Waals surface area contributed by atoms with Crippen LogP contribution in [-0.4, -0.2) is 21.9 Å². The van der Waals surface area contributed by atoms with Crippen molar-refractivity contribution in [3.63, 3.8) is 0 Å². The lowest BCUT2D eigenvalue weighted by atomic mass is 10.2. The van der Waals surface area contributed by atoms with Gasteiger partial charge in [-0.3, -0.25) is 0 Å². The fourth-order valence-corrected chi connectivity index (χ4v) is 3.64. The molecule has 26 heavy (non-hydrogen) atoms. The number of nitrogens with zero attached hydrogens (tertiary/aromatic N) is 3. The zero-order valence-electron chi connectivity index (χ0n) is 14.7. The second-order valence-corrected chi connectivity index (χ2v) is 7.38. The van der Waals surface area contributed by atoms with E-state index in [-0.39, 0.29) is 0 Å². The van der Waals surface area contributed by atoms with Crippen LogP contribution in [0.4, 0.5) is 0 Å². The van der Waals surface area contributed by atoms with Crippen LogP contribution in [0.15, 0.2) is 58.2 Å². The number of hydrogen-bond acceptors (Lipinski definition) is 5. The van der Waals surface area contributed by atoms with Crippen LogP contribution in [0.25, 0.3) is 0 Å². The van der Waals surface area contributed by atoms with Gasteiger partial charge in [0, 0.05) is 16.8 Å². The van der Waals surface area contributed by atoms with Crippen molar-refractivity contribution in [2.45, 2.75) is 31.0 Å². The molecular weight excluding hydrogens is 414 g/mol. The minimum absolute atomic E-state index is 0.381. The van der Waals surface area contributed by atoms with E-state index in [4.69, 9.17) is 9.47 Å². The van der Waals surface area contributed by atoms with Crippen LogP contribution in [0, 0.1) is 0 Å². The van der Waals surface area contributed by atoms with Crippen LogP contribution in [0.5, 0.6) is 11.5 Å². The van der Waals surface area contributed by atoms with Crippen molar-refractivity contribution in [1.82, 2.24) is 14.8 Å². The molecule has 0 saturated heterocycles. The summed E-state index contributed by atoms with van der Waals surface area (Å²) >= 11 is 5.14. The highest BCUT2D eigenvalue weighted by Gasteiger charge is 2.12. The second kappa shape index (κ2) is 9.09. The average molecular weight is 434 g/mol. The molecule has 3 rings (SSSR count). The van der Waals surface area contributed by atoms with E-state index in [2.05, 4.69) is 61.9 Å². The number of rotatable bonds is 8. The van der Waals surface area contributed by atoms with Crippen molar-refractivity contribution in [1.29, 1.82) is 0 Å². The number of thioether (sulfide) groups is 1. The van der Waals surface area contributed by atoms with E-state index in [1.165, 1.54) is 5.56 Å². The Morgan fingerprint density at radius 3 is 2.35 bits per heavy atom. The molecule has 0 aliphatic carbocycles. The van der Waals surface area contributed by atoms with Gasteiger partial charge in [-0.25, -0.2) is 0 Å². The molecule has 7 heteroatoms. The van der Waals surface area contributed by atoms with E-state index < -0.39 is 0 Å². The Bertz CT molecular complexity index is 835. The maximum absolute atomic E-state index is 5.83. The Labute approximate surface area is 165 Å². The van der Waals surface area contributed by atoms with Gasteiger partial charge in [-0.05, 0) is 48.9 Å². The fourth-order valence-electron chi connectivity index (χ4n) is 2.40. The van der Waals surface area contributed by atoms with E-state index in [0.29, 0.717) is 6.61 Å². The summed E-state index contributed by atoms with van der Waals surface area (Å²) in [7, 11) is 1.65. The van der Waals surface area contributed by atoms with Crippen molar-refractivity contribution in [3.8, 4) is 11.5 Å². The molecule has 136 valence electrons. The molecule has 5 nitrogen and oxygen atoms in total. The summed E-state index contributed by atoms with van der Waals surface area (Å²) in [6, 6.07) is 15.8. The largest absolute Gasteiger partial charge is 0.497 e. The highest BCUT2D eigenvalue weighted by Crippen LogP contribution is 2.24. The lowest BCUT2D eigenvalue weighted by Gasteiger charge is -2.09. The van der Waals surface area contributed by atoms with Crippen molar-refractivity contribution >= 4 is 27.7 Å². The Morgan fingerprint density at radius 2 is 1.69 bits per heavy atom. The second-order valence-electron chi connectivity index (χ2n) is 5.52. The van der Waals surface area contributed by atoms with E-state index in [1.807, 2.05) is 24.3 Å². The number of benzene rings is 2. The highest BCUT2D eigenvalue weighted by molar-refractivity contribution is 9.10. The molecule has 0 atom stereocenters. The molecule has 0 saturated carbocycles. The third-order valence-corrected chi connectivity index (χ3v) is 5.38. The first kappa shape index (κ1) is 18.8. The molecular formula is C19H20BrN3O2S. The summed E-state index contributed by atoms with van der Waals surface area (Å²) in [6.07, 6.45) is 0. The predicted molar refractivity (Wildman–Crippen MR) is 107 cm³/mol. The summed E-state index contributed by atoms with van der Waals surface area (Å²) < 4.78 is 14.2. The number of hydrogen-bond donors (Lipinski definition) is 0. The van der Waals surface area contributed by atoms with E-state index in [9.17, 15) is 0 Å². The van der Waals surface area contributed by atoms with Gasteiger partial charge < -0.3 is 14.0 Å². The summed E-state index contributed by atoms with van der Waals surface area (Å²) in [5.41, 5.74) is 1.25. The molecule has 0 unspecified atom stereocenters. The van der Waals surface area contributed by atoms with Crippen LogP contribution < -0.4 is 9.47 Å². The fraction of sp³-hybridized carbons (Fsp3) is 0.263. The van der Waals surface area contributed by atoms with Crippen LogP contribution >= 0.6 is 27.7 Å². The van der Waals surface area contributed by atoms with Gasteiger partial charge in [0.05, 0.1) is 7.11 Å². The van der Waals surface area contributed by atoms with Gasteiger partial charge in [0.25, 0.3) is 0 Å². The topological polar surface area (TPSA) is 49.2 Å². The Kier molecular flexibility index (Phi) is 6.57. The van der Waals surface area contributed by atoms with Gasteiger partial charge in [-0.15, -0.1) is 10.2 Å². The SMILES string of the molecule is CCn1c(COc2ccc(OC)cc2)nnc1SCc1ccc(Br)cc1. The Hall–Kier alpha value is -1.99. The summed E-state index contributed by atoms with van der Waals surface area (Å²) in [6.45, 7) is 3.27. The van der Waals surface area contributed by atoms with Crippen molar-refractivity contribution in [3.05, 3.63) is 64.4 Å². The number of methoxy groups -OCH3 is 1. The molecule has 0 amide bonds. The first-order valence-electron chi connectivity index (χ1n) is 8.25. The lowest BCUT2D eigenvalue weighted by Crippen LogP contribution is -2.07. The maximum Gasteiger partial charge on any atom is 0.191 e. The van der Waals surface area contributed by atoms with Crippen molar-refractivity contribution in [2.75, 3.05) is 7.11 Å². The van der Waals surface area contributed by atoms with Crippen molar-refractivity contribution < 1.29 is 9.47 Å². The molecule has 0 aliphatic heterocycles. The highest BCUT2D eigenvalue weighted by atomic mass is 79.9. The summed E-state index contributed by atoms with van der Waals surface area (Å²) in [5.74, 6) is 3.26. The van der Waals surface area contributed by atoms with Crippen LogP contribution in [0.1, 0.15) is 18.3 Å². The Morgan fingerprint density at radius 1 is 1.00 bits per heavy atom. The predicted octanol–water partition coefficient (Wildman–Crippen LogP) is 4.94. The number of halogens is 1. The minimum atomic E-state index is 0.381. The van der Waals surface area contributed by atoms with Gasteiger partial charge >= 0.3 is 0 Å². The maximum atomic E-state index is 5.83. The molecule has 0 aliphatic rings. The third-order valence-electron chi connectivity index (χ3n) is 3.82. The summed E-state index contributed by atoms with van der Waals surface area (Å²) in [4.78, 5) is 0. The molecule has 3 aromatic rings. The minimum Gasteiger partial charge on any atom is -0.497 e. The smallest absolute Gasteiger partial charge is 0.191 e. The molecule has 2 aromatic carbocycles. The molecule has 1 aromatic heterocycles. The summed E-state index contributed by atoms with van der Waals surface area (Å²) in [5, 5.41) is 9.53. The molecule has 0 spiro atoms. The monoisotopic (exact) mass is 433 g/mol. The average Bonchev–Trinajstić information content (AvgIpc) is 3.08. The van der Waals surface area contributed by atoms with Crippen molar-refractivity contribution in [2.24, 2.45) is 0 Å². The van der Waals surface area contributed by atoms with Gasteiger partial charge in [-0.2, -0.15) is 0 Å². The molecule has 0 N–H and O–H groups in total. The van der Waals surface area contributed by atoms with E-state index in [0.717, 1.165) is 39.3 Å². The van der Waals surface area contributed by atoms with Crippen LogP contribution in [-0.2, 0) is 18.9 Å². The van der Waals surface area contributed by atoms with Crippen LogP contribution in [0.3, 0.4) is 0 Å². The lowest BCUT2D eigenvalue weighted by molar-refractivity contribution is 0.287.